The van der Waals surface area contributed by atoms with Crippen LogP contribution in [0.1, 0.15) is 45.4 Å². The maximum absolute atomic E-state index is 10.9. The molecule has 19 heavy (non-hydrogen) atoms. The van der Waals surface area contributed by atoms with Gasteiger partial charge in [-0.1, -0.05) is 26.2 Å². The summed E-state index contributed by atoms with van der Waals surface area (Å²) in [5, 5.41) is 3.75. The van der Waals surface area contributed by atoms with E-state index < -0.39 is 0 Å². The smallest absolute Gasteiger partial charge is 0.231 e. The molecule has 4 heteroatoms. The Morgan fingerprint density at radius 1 is 1.21 bits per heavy atom. The van der Waals surface area contributed by atoms with Crippen LogP contribution in [0.5, 0.6) is 0 Å². The highest BCUT2D eigenvalue weighted by atomic mass is 16.1. The zero-order chi connectivity index (χ0) is 13.7. The van der Waals surface area contributed by atoms with Gasteiger partial charge in [-0.3, -0.25) is 9.69 Å². The van der Waals surface area contributed by atoms with Gasteiger partial charge in [0.1, 0.15) is 0 Å². The number of nitrogens with zero attached hydrogens (tertiary/aromatic N) is 1. The molecule has 1 saturated carbocycles. The monoisotopic (exact) mass is 267 g/mol. The molecule has 1 aliphatic carbocycles. The molecule has 2 rings (SSSR count). The molecule has 0 aromatic carbocycles. The fourth-order valence-corrected chi connectivity index (χ4v) is 3.53. The van der Waals surface area contributed by atoms with Crippen LogP contribution >= 0.6 is 0 Å². The molecule has 0 spiro atoms. The molecule has 2 atom stereocenters. The van der Waals surface area contributed by atoms with Crippen molar-refractivity contribution in [2.24, 2.45) is 17.6 Å². The van der Waals surface area contributed by atoms with E-state index in [0.29, 0.717) is 12.6 Å². The second kappa shape index (κ2) is 7.25. The summed E-state index contributed by atoms with van der Waals surface area (Å²) in [7, 11) is 0. The Morgan fingerprint density at radius 3 is 2.53 bits per heavy atom. The van der Waals surface area contributed by atoms with Gasteiger partial charge in [0.05, 0.1) is 6.54 Å². The normalized spacial score (nSPS) is 30.4. The van der Waals surface area contributed by atoms with Crippen LogP contribution in [0.25, 0.3) is 0 Å². The zero-order valence-electron chi connectivity index (χ0n) is 12.2. The number of rotatable bonds is 5. The van der Waals surface area contributed by atoms with E-state index >= 15 is 0 Å². The lowest BCUT2D eigenvalue weighted by Crippen LogP contribution is -2.46. The Labute approximate surface area is 117 Å². The fourth-order valence-electron chi connectivity index (χ4n) is 3.53. The Bertz CT molecular complexity index is 287. The van der Waals surface area contributed by atoms with Crippen LogP contribution < -0.4 is 11.1 Å². The molecule has 110 valence electrons. The number of hydrogen-bond donors (Lipinski definition) is 2. The Morgan fingerprint density at radius 2 is 1.89 bits per heavy atom. The summed E-state index contributed by atoms with van der Waals surface area (Å²) in [6.07, 6.45) is 7.93. The van der Waals surface area contributed by atoms with Crippen molar-refractivity contribution in [3.05, 3.63) is 0 Å². The highest BCUT2D eigenvalue weighted by Gasteiger charge is 2.24. The molecule has 1 heterocycles. The summed E-state index contributed by atoms with van der Waals surface area (Å²) in [4.78, 5) is 13.1. The van der Waals surface area contributed by atoms with Gasteiger partial charge in [0, 0.05) is 19.1 Å². The topological polar surface area (TPSA) is 58.4 Å². The zero-order valence-corrected chi connectivity index (χ0v) is 12.2. The second-order valence-electron chi connectivity index (χ2n) is 6.45. The van der Waals surface area contributed by atoms with Gasteiger partial charge in [-0.25, -0.2) is 0 Å². The van der Waals surface area contributed by atoms with Crippen molar-refractivity contribution in [1.29, 1.82) is 0 Å². The fraction of sp³-hybridized carbons (Fsp3) is 0.933. The van der Waals surface area contributed by atoms with E-state index in [4.69, 9.17) is 5.73 Å². The van der Waals surface area contributed by atoms with Gasteiger partial charge in [-0.05, 0) is 37.6 Å². The van der Waals surface area contributed by atoms with Gasteiger partial charge in [-0.2, -0.15) is 0 Å². The minimum Gasteiger partial charge on any atom is -0.369 e. The maximum Gasteiger partial charge on any atom is 0.231 e. The molecule has 0 aromatic heterocycles. The van der Waals surface area contributed by atoms with Crippen molar-refractivity contribution in [3.63, 3.8) is 0 Å². The van der Waals surface area contributed by atoms with Crippen LogP contribution in [0.15, 0.2) is 0 Å². The molecule has 3 N–H and O–H groups in total. The first-order valence-corrected chi connectivity index (χ1v) is 7.89. The van der Waals surface area contributed by atoms with Crippen molar-refractivity contribution in [2.75, 3.05) is 26.2 Å². The van der Waals surface area contributed by atoms with Crippen molar-refractivity contribution in [3.8, 4) is 0 Å². The standard InChI is InChI=1S/C15H29N3O/c1-12-4-2-3-5-13(12)10-17-14-6-8-18(9-7-14)11-15(16)19/h12-14,17H,2-11H2,1H3,(H2,16,19)/t12-,13+/m0/s1. The number of carbonyl (C=O) groups excluding carboxylic acids is 1. The van der Waals surface area contributed by atoms with Crippen LogP contribution in [0, 0.1) is 11.8 Å². The molecule has 1 amide bonds. The van der Waals surface area contributed by atoms with E-state index in [1.165, 1.54) is 32.2 Å². The van der Waals surface area contributed by atoms with E-state index in [1.807, 2.05) is 0 Å². The number of nitrogens with two attached hydrogens (primary N) is 1. The third kappa shape index (κ3) is 4.77. The molecular formula is C15H29N3O. The highest BCUT2D eigenvalue weighted by Crippen LogP contribution is 2.29. The molecule has 0 bridgehead atoms. The minimum absolute atomic E-state index is 0.206. The van der Waals surface area contributed by atoms with Crippen LogP contribution in [0.2, 0.25) is 0 Å². The Kier molecular flexibility index (Phi) is 5.64. The first kappa shape index (κ1) is 14.8. The lowest BCUT2D eigenvalue weighted by molar-refractivity contribution is -0.119. The van der Waals surface area contributed by atoms with Gasteiger partial charge in [0.25, 0.3) is 0 Å². The third-order valence-electron chi connectivity index (χ3n) is 4.92. The molecule has 1 aliphatic heterocycles. The summed E-state index contributed by atoms with van der Waals surface area (Å²) in [6, 6.07) is 0.637. The van der Waals surface area contributed by atoms with Gasteiger partial charge in [0.15, 0.2) is 0 Å². The van der Waals surface area contributed by atoms with Gasteiger partial charge >= 0.3 is 0 Å². The van der Waals surface area contributed by atoms with E-state index in [9.17, 15) is 4.79 Å². The first-order chi connectivity index (χ1) is 9.15. The maximum atomic E-state index is 10.9. The second-order valence-corrected chi connectivity index (χ2v) is 6.45. The molecule has 0 aromatic rings. The lowest BCUT2D eigenvalue weighted by Gasteiger charge is -2.34. The molecule has 2 fully saturated rings. The molecular weight excluding hydrogens is 238 g/mol. The van der Waals surface area contributed by atoms with E-state index in [1.54, 1.807) is 0 Å². The van der Waals surface area contributed by atoms with Crippen LogP contribution in [0.3, 0.4) is 0 Å². The van der Waals surface area contributed by atoms with Crippen LogP contribution in [-0.2, 0) is 4.79 Å². The summed E-state index contributed by atoms with van der Waals surface area (Å²) in [6.45, 7) is 6.01. The molecule has 0 radical (unpaired) electrons. The number of nitrogens with one attached hydrogen (secondary N) is 1. The van der Waals surface area contributed by atoms with E-state index in [0.717, 1.165) is 37.8 Å². The molecule has 0 unspecified atom stereocenters. The predicted molar refractivity (Wildman–Crippen MR) is 77.8 cm³/mol. The van der Waals surface area contributed by atoms with Gasteiger partial charge < -0.3 is 11.1 Å². The molecule has 2 aliphatic rings. The van der Waals surface area contributed by atoms with Crippen LogP contribution in [-0.4, -0.2) is 43.0 Å². The molecule has 1 saturated heterocycles. The number of carbonyl (C=O) groups is 1. The summed E-state index contributed by atoms with van der Waals surface area (Å²) in [5.74, 6) is 1.55. The Balaban J connectivity index is 1.64. The third-order valence-corrected chi connectivity index (χ3v) is 4.92. The van der Waals surface area contributed by atoms with E-state index in [2.05, 4.69) is 17.1 Å². The number of primary amides is 1. The van der Waals surface area contributed by atoms with Crippen molar-refractivity contribution in [2.45, 2.75) is 51.5 Å². The predicted octanol–water partition coefficient (Wildman–Crippen LogP) is 1.35. The van der Waals surface area contributed by atoms with Gasteiger partial charge in [0.2, 0.25) is 5.91 Å². The van der Waals surface area contributed by atoms with Crippen molar-refractivity contribution in [1.82, 2.24) is 10.2 Å². The number of hydrogen-bond acceptors (Lipinski definition) is 3. The van der Waals surface area contributed by atoms with Crippen LogP contribution in [0.4, 0.5) is 0 Å². The van der Waals surface area contributed by atoms with Crippen molar-refractivity contribution < 1.29 is 4.79 Å². The minimum atomic E-state index is -0.206. The summed E-state index contributed by atoms with van der Waals surface area (Å²) < 4.78 is 0. The number of piperidine rings is 1. The quantitative estimate of drug-likeness (QED) is 0.790. The first-order valence-electron chi connectivity index (χ1n) is 7.89. The average Bonchev–Trinajstić information content (AvgIpc) is 2.39. The van der Waals surface area contributed by atoms with Gasteiger partial charge in [-0.15, -0.1) is 0 Å². The number of amides is 1. The summed E-state index contributed by atoms with van der Waals surface area (Å²) in [5.41, 5.74) is 5.23. The largest absolute Gasteiger partial charge is 0.369 e. The highest BCUT2D eigenvalue weighted by molar-refractivity contribution is 5.75. The lowest BCUT2D eigenvalue weighted by atomic mass is 9.80. The van der Waals surface area contributed by atoms with Crippen molar-refractivity contribution >= 4 is 5.91 Å². The van der Waals surface area contributed by atoms with E-state index in [-0.39, 0.29) is 5.91 Å². The molecule has 4 nitrogen and oxygen atoms in total. The summed E-state index contributed by atoms with van der Waals surface area (Å²) >= 11 is 0. The SMILES string of the molecule is C[C@H]1CCCC[C@@H]1CNC1CCN(CC(N)=O)CC1. The Hall–Kier alpha value is -0.610. The average molecular weight is 267 g/mol. The number of likely N-dealkylation sites (tertiary alicyclic amines) is 1.